The maximum Gasteiger partial charge on any atom is 0.137 e. The van der Waals surface area contributed by atoms with Crippen LogP contribution < -0.4 is 0 Å². The number of hydrogen-bond donors (Lipinski definition) is 1. The van der Waals surface area contributed by atoms with E-state index in [1.807, 2.05) is 19.1 Å². The molecule has 0 spiro atoms. The fourth-order valence-electron chi connectivity index (χ4n) is 1.50. The Kier molecular flexibility index (Phi) is 4.77. The zero-order chi connectivity index (χ0) is 11.1. The molecule has 0 aliphatic rings. The summed E-state index contributed by atoms with van der Waals surface area (Å²) in [5, 5.41) is 13.3. The van der Waals surface area contributed by atoms with Crippen LogP contribution in [0.1, 0.15) is 13.3 Å². The monoisotopic (exact) mass is 207 g/mol. The first-order valence-corrected chi connectivity index (χ1v) is 5.01. The Morgan fingerprint density at radius 3 is 2.93 bits per heavy atom. The minimum absolute atomic E-state index is 0.136. The molecule has 0 saturated carbocycles. The van der Waals surface area contributed by atoms with Crippen molar-refractivity contribution < 1.29 is 5.11 Å². The minimum atomic E-state index is 0.136. The van der Waals surface area contributed by atoms with Crippen molar-refractivity contribution in [2.24, 2.45) is 5.92 Å². The molecular formula is C11H17N3O. The second-order valence-corrected chi connectivity index (χ2v) is 3.36. The molecule has 0 aromatic carbocycles. The SMILES string of the molecule is C=CC[C@@H](CO)/C(=C\C)Cn1cncn1. The molecule has 1 N–H and O–H groups in total. The van der Waals surface area contributed by atoms with Crippen LogP contribution in [0.15, 0.2) is 37.0 Å². The van der Waals surface area contributed by atoms with Gasteiger partial charge in [-0.25, -0.2) is 9.67 Å². The van der Waals surface area contributed by atoms with E-state index in [0.29, 0.717) is 6.54 Å². The van der Waals surface area contributed by atoms with Crippen molar-refractivity contribution >= 4 is 0 Å². The summed E-state index contributed by atoms with van der Waals surface area (Å²) < 4.78 is 1.75. The molecule has 0 aliphatic heterocycles. The lowest BCUT2D eigenvalue weighted by Gasteiger charge is -2.16. The topological polar surface area (TPSA) is 50.9 Å². The lowest BCUT2D eigenvalue weighted by Crippen LogP contribution is -2.14. The highest BCUT2D eigenvalue weighted by Crippen LogP contribution is 2.16. The van der Waals surface area contributed by atoms with Crippen LogP contribution in [-0.2, 0) is 6.54 Å². The van der Waals surface area contributed by atoms with Gasteiger partial charge in [0.25, 0.3) is 0 Å². The first kappa shape index (κ1) is 11.7. The standard InChI is InChI=1S/C11H17N3O/c1-3-5-11(7-15)10(4-2)6-14-9-12-8-13-14/h3-4,8-9,11,15H,1,5-7H2,2H3/b10-4-/t11-/m0/s1. The van der Waals surface area contributed by atoms with Gasteiger partial charge in [-0.2, -0.15) is 5.10 Å². The first-order chi connectivity index (χ1) is 7.31. The minimum Gasteiger partial charge on any atom is -0.396 e. The highest BCUT2D eigenvalue weighted by molar-refractivity contribution is 5.07. The maximum atomic E-state index is 9.25. The largest absolute Gasteiger partial charge is 0.396 e. The molecule has 0 fully saturated rings. The first-order valence-electron chi connectivity index (χ1n) is 5.01. The number of rotatable bonds is 6. The highest BCUT2D eigenvalue weighted by Gasteiger charge is 2.11. The summed E-state index contributed by atoms with van der Waals surface area (Å²) in [5.74, 6) is 0.136. The lowest BCUT2D eigenvalue weighted by atomic mass is 9.96. The van der Waals surface area contributed by atoms with Gasteiger partial charge in [0, 0.05) is 12.5 Å². The van der Waals surface area contributed by atoms with Crippen molar-refractivity contribution in [3.63, 3.8) is 0 Å². The summed E-state index contributed by atoms with van der Waals surface area (Å²) in [7, 11) is 0. The summed E-state index contributed by atoms with van der Waals surface area (Å²) in [6.45, 7) is 6.47. The Morgan fingerprint density at radius 2 is 2.47 bits per heavy atom. The Balaban J connectivity index is 2.66. The Labute approximate surface area is 90.0 Å². The molecule has 4 nitrogen and oxygen atoms in total. The molecule has 0 saturated heterocycles. The normalized spacial score (nSPS) is 13.9. The summed E-state index contributed by atoms with van der Waals surface area (Å²) in [5.41, 5.74) is 1.16. The fourth-order valence-corrected chi connectivity index (χ4v) is 1.50. The third-order valence-corrected chi connectivity index (χ3v) is 2.38. The maximum absolute atomic E-state index is 9.25. The van der Waals surface area contributed by atoms with E-state index in [1.165, 1.54) is 6.33 Å². The van der Waals surface area contributed by atoms with Crippen LogP contribution in [0.2, 0.25) is 0 Å². The molecule has 15 heavy (non-hydrogen) atoms. The Hall–Kier alpha value is -1.42. The van der Waals surface area contributed by atoms with Gasteiger partial charge >= 0.3 is 0 Å². The van der Waals surface area contributed by atoms with Gasteiger partial charge in [-0.05, 0) is 18.9 Å². The van der Waals surface area contributed by atoms with Crippen molar-refractivity contribution in [3.05, 3.63) is 37.0 Å². The van der Waals surface area contributed by atoms with E-state index >= 15 is 0 Å². The molecule has 82 valence electrons. The molecule has 1 heterocycles. The van der Waals surface area contributed by atoms with Crippen LogP contribution >= 0.6 is 0 Å². The van der Waals surface area contributed by atoms with Crippen molar-refractivity contribution in [1.82, 2.24) is 14.8 Å². The second kappa shape index (κ2) is 6.14. The molecule has 0 bridgehead atoms. The summed E-state index contributed by atoms with van der Waals surface area (Å²) in [6, 6.07) is 0. The number of nitrogens with zero attached hydrogens (tertiary/aromatic N) is 3. The fraction of sp³-hybridized carbons (Fsp3) is 0.455. The Morgan fingerprint density at radius 1 is 1.67 bits per heavy atom. The van der Waals surface area contributed by atoms with Gasteiger partial charge in [-0.15, -0.1) is 6.58 Å². The highest BCUT2D eigenvalue weighted by atomic mass is 16.3. The van der Waals surface area contributed by atoms with Crippen LogP contribution in [0.3, 0.4) is 0 Å². The number of aliphatic hydroxyl groups excluding tert-OH is 1. The number of allylic oxidation sites excluding steroid dienone is 2. The average Bonchev–Trinajstić information content (AvgIpc) is 2.75. The number of hydrogen-bond acceptors (Lipinski definition) is 3. The molecular weight excluding hydrogens is 190 g/mol. The number of aromatic nitrogens is 3. The molecule has 0 amide bonds. The zero-order valence-corrected chi connectivity index (χ0v) is 9.00. The van der Waals surface area contributed by atoms with Gasteiger partial charge in [-0.1, -0.05) is 12.2 Å². The third-order valence-electron chi connectivity index (χ3n) is 2.38. The second-order valence-electron chi connectivity index (χ2n) is 3.36. The molecule has 1 rings (SSSR count). The molecule has 4 heteroatoms. The van der Waals surface area contributed by atoms with Crippen LogP contribution in [-0.4, -0.2) is 26.5 Å². The summed E-state index contributed by atoms with van der Waals surface area (Å²) in [4.78, 5) is 3.88. The molecule has 0 radical (unpaired) electrons. The quantitative estimate of drug-likeness (QED) is 0.717. The van der Waals surface area contributed by atoms with E-state index in [2.05, 4.69) is 16.7 Å². The van der Waals surface area contributed by atoms with Gasteiger partial charge in [0.15, 0.2) is 0 Å². The zero-order valence-electron chi connectivity index (χ0n) is 9.00. The molecule has 0 unspecified atom stereocenters. The Bertz CT molecular complexity index is 317. The number of aliphatic hydroxyl groups is 1. The van der Waals surface area contributed by atoms with Crippen molar-refractivity contribution in [2.45, 2.75) is 19.9 Å². The van der Waals surface area contributed by atoms with Crippen LogP contribution in [0, 0.1) is 5.92 Å². The van der Waals surface area contributed by atoms with Crippen LogP contribution in [0.4, 0.5) is 0 Å². The average molecular weight is 207 g/mol. The van der Waals surface area contributed by atoms with Gasteiger partial charge in [0.05, 0.1) is 6.54 Å². The van der Waals surface area contributed by atoms with Gasteiger partial charge < -0.3 is 5.11 Å². The molecule has 1 aromatic rings. The molecule has 0 aliphatic carbocycles. The summed E-state index contributed by atoms with van der Waals surface area (Å²) in [6.07, 6.45) is 7.81. The third kappa shape index (κ3) is 3.32. The van der Waals surface area contributed by atoms with Gasteiger partial charge in [-0.3, -0.25) is 0 Å². The van der Waals surface area contributed by atoms with E-state index in [4.69, 9.17) is 0 Å². The molecule has 1 aromatic heterocycles. The van der Waals surface area contributed by atoms with Crippen LogP contribution in [0.5, 0.6) is 0 Å². The van der Waals surface area contributed by atoms with Gasteiger partial charge in [0.2, 0.25) is 0 Å². The van der Waals surface area contributed by atoms with E-state index in [-0.39, 0.29) is 12.5 Å². The smallest absolute Gasteiger partial charge is 0.137 e. The van der Waals surface area contributed by atoms with E-state index in [1.54, 1.807) is 11.0 Å². The predicted octanol–water partition coefficient (Wildman–Crippen LogP) is 1.41. The lowest BCUT2D eigenvalue weighted by molar-refractivity contribution is 0.243. The van der Waals surface area contributed by atoms with Crippen molar-refractivity contribution in [2.75, 3.05) is 6.61 Å². The van der Waals surface area contributed by atoms with Crippen LogP contribution in [0.25, 0.3) is 0 Å². The summed E-state index contributed by atoms with van der Waals surface area (Å²) >= 11 is 0. The van der Waals surface area contributed by atoms with Gasteiger partial charge in [0.1, 0.15) is 12.7 Å². The van der Waals surface area contributed by atoms with E-state index < -0.39 is 0 Å². The predicted molar refractivity (Wildman–Crippen MR) is 59.2 cm³/mol. The van der Waals surface area contributed by atoms with E-state index in [9.17, 15) is 5.11 Å². The molecule has 1 atom stereocenters. The van der Waals surface area contributed by atoms with Crippen molar-refractivity contribution in [1.29, 1.82) is 0 Å². The van der Waals surface area contributed by atoms with E-state index in [0.717, 1.165) is 12.0 Å². The van der Waals surface area contributed by atoms with Crippen molar-refractivity contribution in [3.8, 4) is 0 Å².